The summed E-state index contributed by atoms with van der Waals surface area (Å²) >= 11 is 0. The molecule has 0 aromatic rings. The van der Waals surface area contributed by atoms with Crippen molar-refractivity contribution in [3.05, 3.63) is 0 Å². The Morgan fingerprint density at radius 2 is 1.95 bits per heavy atom. The summed E-state index contributed by atoms with van der Waals surface area (Å²) in [6, 6.07) is 0.488. The van der Waals surface area contributed by atoms with Crippen molar-refractivity contribution in [2.45, 2.75) is 44.6 Å². The van der Waals surface area contributed by atoms with Gasteiger partial charge in [-0.05, 0) is 44.6 Å². The summed E-state index contributed by atoms with van der Waals surface area (Å²) in [7, 11) is -3.05. The molecule has 0 amide bonds. The van der Waals surface area contributed by atoms with Crippen LogP contribution in [0.2, 0.25) is 0 Å². The van der Waals surface area contributed by atoms with E-state index in [1.165, 1.54) is 25.5 Å². The van der Waals surface area contributed by atoms with E-state index in [2.05, 4.69) is 4.90 Å². The molecule has 2 atom stereocenters. The lowest BCUT2D eigenvalue weighted by atomic mass is 9.94. The number of aliphatic hydroxyl groups excluding tert-OH is 1. The topological polar surface area (TPSA) is 60.9 Å². The highest BCUT2D eigenvalue weighted by Gasteiger charge is 2.29. The molecular formula is C14H28N2O3S. The van der Waals surface area contributed by atoms with Gasteiger partial charge in [0, 0.05) is 32.3 Å². The molecule has 1 N–H and O–H groups in total. The van der Waals surface area contributed by atoms with E-state index in [4.69, 9.17) is 0 Å². The van der Waals surface area contributed by atoms with Gasteiger partial charge in [0.25, 0.3) is 0 Å². The minimum atomic E-state index is -3.05. The fourth-order valence-corrected chi connectivity index (χ4v) is 4.53. The number of aliphatic hydroxyl groups is 1. The molecule has 0 bridgehead atoms. The molecule has 2 rings (SSSR count). The maximum absolute atomic E-state index is 11.7. The zero-order valence-corrected chi connectivity index (χ0v) is 13.3. The SMILES string of the molecule is CS(=O)(=O)N1CCCC(CN2CCCCC2CCO)C1. The van der Waals surface area contributed by atoms with Crippen LogP contribution in [0.3, 0.4) is 0 Å². The van der Waals surface area contributed by atoms with Gasteiger partial charge in [-0.3, -0.25) is 4.90 Å². The molecular weight excluding hydrogens is 276 g/mol. The maximum Gasteiger partial charge on any atom is 0.211 e. The van der Waals surface area contributed by atoms with Crippen LogP contribution in [0.1, 0.15) is 38.5 Å². The monoisotopic (exact) mass is 304 g/mol. The Kier molecular flexibility index (Phi) is 5.84. The average molecular weight is 304 g/mol. The van der Waals surface area contributed by atoms with Crippen molar-refractivity contribution in [1.29, 1.82) is 0 Å². The first-order valence-corrected chi connectivity index (χ1v) is 9.65. The fraction of sp³-hybridized carbons (Fsp3) is 1.00. The second kappa shape index (κ2) is 7.20. The van der Waals surface area contributed by atoms with E-state index < -0.39 is 10.0 Å². The molecule has 2 aliphatic rings. The van der Waals surface area contributed by atoms with E-state index >= 15 is 0 Å². The third-order valence-electron chi connectivity index (χ3n) is 4.65. The Morgan fingerprint density at radius 1 is 1.15 bits per heavy atom. The van der Waals surface area contributed by atoms with Crippen molar-refractivity contribution in [2.75, 3.05) is 39.0 Å². The van der Waals surface area contributed by atoms with Gasteiger partial charge in [-0.25, -0.2) is 12.7 Å². The molecule has 5 nitrogen and oxygen atoms in total. The van der Waals surface area contributed by atoms with Gasteiger partial charge in [0.2, 0.25) is 10.0 Å². The number of likely N-dealkylation sites (tertiary alicyclic amines) is 1. The van der Waals surface area contributed by atoms with Crippen LogP contribution >= 0.6 is 0 Å². The molecule has 2 aliphatic heterocycles. The van der Waals surface area contributed by atoms with Gasteiger partial charge in [0.15, 0.2) is 0 Å². The largest absolute Gasteiger partial charge is 0.396 e. The first-order valence-electron chi connectivity index (χ1n) is 7.80. The van der Waals surface area contributed by atoms with Gasteiger partial charge in [-0.1, -0.05) is 6.42 Å². The molecule has 0 spiro atoms. The van der Waals surface area contributed by atoms with Gasteiger partial charge < -0.3 is 5.11 Å². The van der Waals surface area contributed by atoms with Crippen LogP contribution < -0.4 is 0 Å². The maximum atomic E-state index is 11.7. The minimum Gasteiger partial charge on any atom is -0.396 e. The molecule has 0 aliphatic carbocycles. The van der Waals surface area contributed by atoms with Gasteiger partial charge in [-0.2, -0.15) is 0 Å². The predicted octanol–water partition coefficient (Wildman–Crippen LogP) is 0.895. The Hall–Kier alpha value is -0.170. The number of rotatable bonds is 5. The Labute approximate surface area is 123 Å². The zero-order chi connectivity index (χ0) is 14.6. The summed E-state index contributed by atoms with van der Waals surface area (Å²) in [5.74, 6) is 0.442. The van der Waals surface area contributed by atoms with Gasteiger partial charge in [0.05, 0.1) is 6.26 Å². The quantitative estimate of drug-likeness (QED) is 0.819. The van der Waals surface area contributed by atoms with Crippen LogP contribution in [0.4, 0.5) is 0 Å². The third kappa shape index (κ3) is 4.41. The lowest BCUT2D eigenvalue weighted by molar-refractivity contribution is 0.0880. The molecule has 20 heavy (non-hydrogen) atoms. The molecule has 0 saturated carbocycles. The number of nitrogens with zero attached hydrogens (tertiary/aromatic N) is 2. The van der Waals surface area contributed by atoms with Crippen molar-refractivity contribution in [3.8, 4) is 0 Å². The minimum absolute atomic E-state index is 0.251. The second-order valence-corrected chi connectivity index (χ2v) is 8.27. The van der Waals surface area contributed by atoms with E-state index in [1.54, 1.807) is 4.31 Å². The number of sulfonamides is 1. The molecule has 2 saturated heterocycles. The summed E-state index contributed by atoms with van der Waals surface area (Å²) in [4.78, 5) is 2.48. The van der Waals surface area contributed by atoms with Gasteiger partial charge >= 0.3 is 0 Å². The molecule has 0 aromatic heterocycles. The van der Waals surface area contributed by atoms with Crippen molar-refractivity contribution >= 4 is 10.0 Å². The molecule has 6 heteroatoms. The molecule has 2 fully saturated rings. The van der Waals surface area contributed by atoms with Crippen LogP contribution in [0, 0.1) is 5.92 Å². The van der Waals surface area contributed by atoms with Crippen molar-refractivity contribution in [3.63, 3.8) is 0 Å². The summed E-state index contributed by atoms with van der Waals surface area (Å²) in [5.41, 5.74) is 0. The lowest BCUT2D eigenvalue weighted by Crippen LogP contribution is -2.47. The smallest absolute Gasteiger partial charge is 0.211 e. The van der Waals surface area contributed by atoms with Crippen LogP contribution in [0.15, 0.2) is 0 Å². The average Bonchev–Trinajstić information content (AvgIpc) is 2.41. The molecule has 2 unspecified atom stereocenters. The van der Waals surface area contributed by atoms with Gasteiger partial charge in [0.1, 0.15) is 0 Å². The highest BCUT2D eigenvalue weighted by Crippen LogP contribution is 2.25. The van der Waals surface area contributed by atoms with Gasteiger partial charge in [-0.15, -0.1) is 0 Å². The predicted molar refractivity (Wildman–Crippen MR) is 80.1 cm³/mol. The molecule has 2 heterocycles. The van der Waals surface area contributed by atoms with E-state index in [-0.39, 0.29) is 6.61 Å². The van der Waals surface area contributed by atoms with E-state index in [0.717, 1.165) is 32.4 Å². The zero-order valence-electron chi connectivity index (χ0n) is 12.5. The Morgan fingerprint density at radius 3 is 2.65 bits per heavy atom. The normalized spacial score (nSPS) is 30.5. The molecule has 0 aromatic carbocycles. The summed E-state index contributed by atoms with van der Waals surface area (Å²) < 4.78 is 25.0. The first kappa shape index (κ1) is 16.2. The molecule has 0 radical (unpaired) electrons. The van der Waals surface area contributed by atoms with E-state index in [0.29, 0.717) is 25.0 Å². The highest BCUT2D eigenvalue weighted by atomic mass is 32.2. The second-order valence-electron chi connectivity index (χ2n) is 6.29. The molecule has 118 valence electrons. The van der Waals surface area contributed by atoms with Crippen LogP contribution in [0.5, 0.6) is 0 Å². The van der Waals surface area contributed by atoms with Crippen molar-refractivity contribution in [2.24, 2.45) is 5.92 Å². The van der Waals surface area contributed by atoms with E-state index in [1.807, 2.05) is 0 Å². The van der Waals surface area contributed by atoms with E-state index in [9.17, 15) is 13.5 Å². The summed E-state index contributed by atoms with van der Waals surface area (Å²) in [6.07, 6.45) is 7.90. The fourth-order valence-electron chi connectivity index (χ4n) is 3.59. The summed E-state index contributed by atoms with van der Waals surface area (Å²) in [5, 5.41) is 9.18. The van der Waals surface area contributed by atoms with Crippen LogP contribution in [0.25, 0.3) is 0 Å². The number of hydrogen-bond acceptors (Lipinski definition) is 4. The summed E-state index contributed by atoms with van der Waals surface area (Å²) in [6.45, 7) is 3.68. The third-order valence-corrected chi connectivity index (χ3v) is 5.92. The van der Waals surface area contributed by atoms with Crippen molar-refractivity contribution in [1.82, 2.24) is 9.21 Å². The number of piperidine rings is 2. The standard InChI is InChI=1S/C14H28N2O3S/c1-20(18,19)16-9-4-5-13(12-16)11-15-8-3-2-6-14(15)7-10-17/h13-14,17H,2-12H2,1H3. The Bertz CT molecular complexity index is 397. The lowest BCUT2D eigenvalue weighted by Gasteiger charge is -2.40. The van der Waals surface area contributed by atoms with Crippen LogP contribution in [-0.4, -0.2) is 67.8 Å². The van der Waals surface area contributed by atoms with Crippen LogP contribution in [-0.2, 0) is 10.0 Å². The highest BCUT2D eigenvalue weighted by molar-refractivity contribution is 7.88. The Balaban J connectivity index is 1.91. The number of hydrogen-bond donors (Lipinski definition) is 1. The first-order chi connectivity index (χ1) is 9.50. The van der Waals surface area contributed by atoms with Crippen molar-refractivity contribution < 1.29 is 13.5 Å².